The van der Waals surface area contributed by atoms with Gasteiger partial charge in [-0.15, -0.1) is 0 Å². The van der Waals surface area contributed by atoms with Gasteiger partial charge in [-0.2, -0.15) is 0 Å². The van der Waals surface area contributed by atoms with Crippen LogP contribution >= 0.6 is 0 Å². The van der Waals surface area contributed by atoms with Crippen molar-refractivity contribution < 1.29 is 30.0 Å². The second kappa shape index (κ2) is 4.89. The highest BCUT2D eigenvalue weighted by molar-refractivity contribution is 5.73. The summed E-state index contributed by atoms with van der Waals surface area (Å²) < 4.78 is 5.11. The Labute approximate surface area is 87.1 Å². The van der Waals surface area contributed by atoms with E-state index in [9.17, 15) is 15.0 Å². The highest BCUT2D eigenvalue weighted by atomic mass is 16.5. The van der Waals surface area contributed by atoms with Gasteiger partial charge in [0.25, 0.3) is 0 Å². The SMILES string of the molecule is CC1C(C(=O)O)OC(CCO)C(O)C1O. The quantitative estimate of drug-likeness (QED) is 0.465. The van der Waals surface area contributed by atoms with Crippen LogP contribution in [0.25, 0.3) is 0 Å². The van der Waals surface area contributed by atoms with Crippen molar-refractivity contribution >= 4 is 5.97 Å². The van der Waals surface area contributed by atoms with Gasteiger partial charge in [0.2, 0.25) is 0 Å². The molecule has 4 N–H and O–H groups in total. The Bertz CT molecular complexity index is 231. The number of ether oxygens (including phenoxy) is 1. The van der Waals surface area contributed by atoms with Crippen LogP contribution in [0.3, 0.4) is 0 Å². The van der Waals surface area contributed by atoms with Crippen LogP contribution in [-0.4, -0.2) is 57.4 Å². The van der Waals surface area contributed by atoms with E-state index < -0.39 is 36.3 Å². The number of carboxylic acids is 1. The summed E-state index contributed by atoms with van der Waals surface area (Å²) in [6.07, 6.45) is -4.16. The molecule has 0 aromatic rings. The fraction of sp³-hybridized carbons (Fsp3) is 0.889. The van der Waals surface area contributed by atoms with Gasteiger partial charge < -0.3 is 25.2 Å². The van der Waals surface area contributed by atoms with Gasteiger partial charge in [0.05, 0.1) is 12.2 Å². The first-order valence-electron chi connectivity index (χ1n) is 4.84. The molecule has 0 aromatic carbocycles. The predicted octanol–water partition coefficient (Wildman–Crippen LogP) is -1.42. The number of rotatable bonds is 3. The summed E-state index contributed by atoms with van der Waals surface area (Å²) in [7, 11) is 0. The number of carbonyl (C=O) groups is 1. The van der Waals surface area contributed by atoms with Crippen LogP contribution in [-0.2, 0) is 9.53 Å². The van der Waals surface area contributed by atoms with E-state index in [2.05, 4.69) is 0 Å². The zero-order chi connectivity index (χ0) is 11.6. The summed E-state index contributed by atoms with van der Waals surface area (Å²) in [5.41, 5.74) is 0. The number of hydrogen-bond donors (Lipinski definition) is 4. The van der Waals surface area contributed by atoms with Gasteiger partial charge in [-0.3, -0.25) is 0 Å². The van der Waals surface area contributed by atoms with E-state index in [0.717, 1.165) is 0 Å². The van der Waals surface area contributed by atoms with Crippen molar-refractivity contribution in [1.29, 1.82) is 0 Å². The Kier molecular flexibility index (Phi) is 4.04. The van der Waals surface area contributed by atoms with Gasteiger partial charge in [-0.1, -0.05) is 6.92 Å². The Balaban J connectivity index is 2.75. The second-order valence-electron chi connectivity index (χ2n) is 3.79. The first-order chi connectivity index (χ1) is 6.99. The minimum atomic E-state index is -1.17. The maximum Gasteiger partial charge on any atom is 0.333 e. The zero-order valence-corrected chi connectivity index (χ0v) is 8.41. The Morgan fingerprint density at radius 2 is 1.93 bits per heavy atom. The van der Waals surface area contributed by atoms with Crippen molar-refractivity contribution in [2.45, 2.75) is 37.8 Å². The molecule has 6 heteroatoms. The lowest BCUT2D eigenvalue weighted by Gasteiger charge is -2.39. The lowest BCUT2D eigenvalue weighted by molar-refractivity contribution is -0.210. The Morgan fingerprint density at radius 1 is 1.33 bits per heavy atom. The van der Waals surface area contributed by atoms with Crippen LogP contribution in [0.1, 0.15) is 13.3 Å². The van der Waals surface area contributed by atoms with Crippen LogP contribution in [0.5, 0.6) is 0 Å². The summed E-state index contributed by atoms with van der Waals surface area (Å²) in [4.78, 5) is 10.8. The van der Waals surface area contributed by atoms with E-state index in [1.165, 1.54) is 6.92 Å². The highest BCUT2D eigenvalue weighted by Crippen LogP contribution is 2.27. The van der Waals surface area contributed by atoms with Gasteiger partial charge in [0.1, 0.15) is 6.10 Å². The smallest absolute Gasteiger partial charge is 0.333 e. The molecule has 88 valence electrons. The largest absolute Gasteiger partial charge is 0.479 e. The molecule has 0 bridgehead atoms. The third-order valence-electron chi connectivity index (χ3n) is 2.73. The normalized spacial score (nSPS) is 41.5. The highest BCUT2D eigenvalue weighted by Gasteiger charge is 2.44. The molecule has 0 saturated carbocycles. The third-order valence-corrected chi connectivity index (χ3v) is 2.73. The van der Waals surface area contributed by atoms with E-state index in [0.29, 0.717) is 0 Å². The third kappa shape index (κ3) is 2.46. The van der Waals surface area contributed by atoms with Crippen molar-refractivity contribution in [3.63, 3.8) is 0 Å². The number of aliphatic hydroxyl groups excluding tert-OH is 3. The molecule has 0 aliphatic carbocycles. The number of aliphatic hydroxyl groups is 3. The molecule has 1 saturated heterocycles. The summed E-state index contributed by atoms with van der Waals surface area (Å²) in [6, 6.07) is 0. The average molecular weight is 220 g/mol. The molecule has 0 amide bonds. The van der Waals surface area contributed by atoms with E-state index in [1.807, 2.05) is 0 Å². The fourth-order valence-corrected chi connectivity index (χ4v) is 1.75. The molecule has 0 aromatic heterocycles. The van der Waals surface area contributed by atoms with Crippen LogP contribution in [0.2, 0.25) is 0 Å². The monoisotopic (exact) mass is 220 g/mol. The molecule has 5 unspecified atom stereocenters. The van der Waals surface area contributed by atoms with Crippen molar-refractivity contribution in [3.8, 4) is 0 Å². The molecule has 0 spiro atoms. The van der Waals surface area contributed by atoms with Crippen molar-refractivity contribution in [1.82, 2.24) is 0 Å². The topological polar surface area (TPSA) is 107 Å². The fourth-order valence-electron chi connectivity index (χ4n) is 1.75. The van der Waals surface area contributed by atoms with Crippen LogP contribution in [0.4, 0.5) is 0 Å². The molecular weight excluding hydrogens is 204 g/mol. The van der Waals surface area contributed by atoms with Crippen molar-refractivity contribution in [2.75, 3.05) is 6.61 Å². The maximum absolute atomic E-state index is 10.8. The average Bonchev–Trinajstić information content (AvgIpc) is 2.18. The lowest BCUT2D eigenvalue weighted by Crippen LogP contribution is -2.55. The van der Waals surface area contributed by atoms with Gasteiger partial charge in [0, 0.05) is 12.5 Å². The van der Waals surface area contributed by atoms with E-state index in [1.54, 1.807) is 0 Å². The van der Waals surface area contributed by atoms with Gasteiger partial charge in [-0.05, 0) is 6.42 Å². The standard InChI is InChI=1S/C9H16O6/c1-4-6(11)7(12)5(2-3-10)15-8(4)9(13)14/h4-8,10-12H,2-3H2,1H3,(H,13,14). The molecule has 1 rings (SSSR count). The molecule has 1 aliphatic heterocycles. The molecule has 15 heavy (non-hydrogen) atoms. The first kappa shape index (κ1) is 12.4. The minimum absolute atomic E-state index is 0.106. The molecular formula is C9H16O6. The molecule has 1 aliphatic rings. The van der Waals surface area contributed by atoms with Crippen LogP contribution in [0, 0.1) is 5.92 Å². The van der Waals surface area contributed by atoms with Crippen LogP contribution in [0.15, 0.2) is 0 Å². The van der Waals surface area contributed by atoms with E-state index in [4.69, 9.17) is 14.9 Å². The second-order valence-corrected chi connectivity index (χ2v) is 3.79. The summed E-state index contributed by atoms with van der Waals surface area (Å²) in [6.45, 7) is 1.27. The van der Waals surface area contributed by atoms with E-state index >= 15 is 0 Å². The van der Waals surface area contributed by atoms with Gasteiger partial charge in [0.15, 0.2) is 6.10 Å². The predicted molar refractivity (Wildman–Crippen MR) is 49.2 cm³/mol. The van der Waals surface area contributed by atoms with E-state index in [-0.39, 0.29) is 13.0 Å². The molecule has 0 radical (unpaired) electrons. The van der Waals surface area contributed by atoms with Crippen molar-refractivity contribution in [3.05, 3.63) is 0 Å². The number of aliphatic carboxylic acids is 1. The minimum Gasteiger partial charge on any atom is -0.479 e. The number of hydrogen-bond acceptors (Lipinski definition) is 5. The molecule has 1 heterocycles. The molecule has 6 nitrogen and oxygen atoms in total. The summed E-state index contributed by atoms with van der Waals surface area (Å²) >= 11 is 0. The Hall–Kier alpha value is -0.690. The first-order valence-corrected chi connectivity index (χ1v) is 4.84. The zero-order valence-electron chi connectivity index (χ0n) is 8.41. The molecule has 5 atom stereocenters. The number of carboxylic acid groups (broad SMARTS) is 1. The van der Waals surface area contributed by atoms with Gasteiger partial charge >= 0.3 is 5.97 Å². The lowest BCUT2D eigenvalue weighted by atomic mass is 9.87. The maximum atomic E-state index is 10.8. The summed E-state index contributed by atoms with van der Waals surface area (Å²) in [5, 5.41) is 36.7. The van der Waals surface area contributed by atoms with Gasteiger partial charge in [-0.25, -0.2) is 4.79 Å². The molecule has 1 fully saturated rings. The van der Waals surface area contributed by atoms with Crippen molar-refractivity contribution in [2.24, 2.45) is 5.92 Å². The Morgan fingerprint density at radius 3 is 2.40 bits per heavy atom. The van der Waals surface area contributed by atoms with Crippen LogP contribution < -0.4 is 0 Å². The summed E-state index contributed by atoms with van der Waals surface area (Å²) in [5.74, 6) is -1.84.